The fourth-order valence-corrected chi connectivity index (χ4v) is 0. The van der Waals surface area contributed by atoms with Gasteiger partial charge in [0, 0.05) is 47.4 Å². The Hall–Kier alpha value is 2.09. The van der Waals surface area contributed by atoms with Crippen molar-refractivity contribution in [2.45, 2.75) is 27.7 Å². The number of carbonyl (C=O) groups excluding carboxylic acids is 5. The Morgan fingerprint density at radius 3 is 0.684 bits per heavy atom. The largest absolute Gasteiger partial charge is 2.00 e. The molecule has 0 aliphatic carbocycles. The molecule has 0 fully saturated rings. The second-order valence-corrected chi connectivity index (χ2v) is 3.97. The zero-order chi connectivity index (χ0) is 28.9. The van der Waals surface area contributed by atoms with Gasteiger partial charge in [-0.1, -0.05) is 0 Å². The zero-order valence-corrected chi connectivity index (χ0v) is 32.1. The summed E-state index contributed by atoms with van der Waals surface area (Å²) >= 11 is -0.750. The average molecular weight is 756 g/mol. The van der Waals surface area contributed by atoms with E-state index in [4.69, 9.17) is 93.0 Å². The summed E-state index contributed by atoms with van der Waals surface area (Å²) in [6, 6.07) is 0. The fraction of sp³-hybridized carbons (Fsp3) is 0.545. The Labute approximate surface area is 322 Å². The van der Waals surface area contributed by atoms with Crippen LogP contribution in [0.5, 0.6) is 0 Å². The normalized spacial score (nSPS) is 5.68. The third-order valence-corrected chi connectivity index (χ3v) is 0.167. The molecular formula is C11H23Fe3N2Na3O17S2. The van der Waals surface area contributed by atoms with E-state index in [0.29, 0.717) is 13.1 Å². The van der Waals surface area contributed by atoms with E-state index >= 15 is 0 Å². The molecule has 0 bridgehead atoms. The van der Waals surface area contributed by atoms with Crippen LogP contribution in [0.15, 0.2) is 0 Å². The predicted octanol–water partition coefficient (Wildman–Crippen LogP) is -17.8. The number of hydrogen-bond donors (Lipinski definition) is 3. The van der Waals surface area contributed by atoms with Crippen LogP contribution in [0.3, 0.4) is 0 Å². The number of nitrogens with two attached hydrogens (primary N) is 2. The zero-order valence-electron chi connectivity index (χ0n) is 21.1. The van der Waals surface area contributed by atoms with Gasteiger partial charge >= 0.3 is 140 Å². The second-order valence-electron chi connectivity index (χ2n) is 3.02. The molecule has 19 nitrogen and oxygen atoms in total. The van der Waals surface area contributed by atoms with Crippen molar-refractivity contribution in [1.82, 2.24) is 0 Å². The first-order chi connectivity index (χ1) is 14.3. The van der Waals surface area contributed by atoms with Crippen LogP contribution in [0.1, 0.15) is 27.7 Å². The Kier molecular flexibility index (Phi) is 272. The van der Waals surface area contributed by atoms with Crippen molar-refractivity contribution in [3.8, 4) is 0 Å². The van der Waals surface area contributed by atoms with Crippen LogP contribution in [0.2, 0.25) is 0 Å². The first kappa shape index (κ1) is 97.3. The number of carboxylic acids is 4. The summed E-state index contributed by atoms with van der Waals surface area (Å²) in [5.74, 6) is -4.33. The van der Waals surface area contributed by atoms with Crippen molar-refractivity contribution < 1.29 is 221 Å². The van der Waals surface area contributed by atoms with E-state index in [1.807, 2.05) is 6.79 Å². The van der Waals surface area contributed by atoms with E-state index in [2.05, 4.69) is 0 Å². The number of aliphatic carboxylic acids is 4. The van der Waals surface area contributed by atoms with Gasteiger partial charge in [0.2, 0.25) is 0 Å². The van der Waals surface area contributed by atoms with Crippen LogP contribution in [0.25, 0.3) is 0 Å². The molecule has 0 rings (SSSR count). The molecule has 0 aromatic heterocycles. The van der Waals surface area contributed by atoms with Crippen molar-refractivity contribution in [2.24, 2.45) is 11.5 Å². The molecule has 5 N–H and O–H groups in total. The average Bonchev–Trinajstić information content (AvgIpc) is 2.55. The summed E-state index contributed by atoms with van der Waals surface area (Å²) in [7, 11) is -5.17. The summed E-state index contributed by atoms with van der Waals surface area (Å²) < 4.78 is 50.7. The van der Waals surface area contributed by atoms with Crippen LogP contribution in [-0.4, -0.2) is 75.6 Å². The molecule has 0 aromatic rings. The maximum Gasteiger partial charge on any atom is 2.00 e. The predicted molar refractivity (Wildman–Crippen MR) is 90.2 cm³/mol. The van der Waals surface area contributed by atoms with Crippen LogP contribution in [0, 0.1) is 0 Å². The Bertz CT molecular complexity index is 429. The minimum atomic E-state index is -5.17. The van der Waals surface area contributed by atoms with E-state index in [-0.39, 0.29) is 140 Å². The number of rotatable bonds is 1. The Morgan fingerprint density at radius 1 is 0.658 bits per heavy atom. The van der Waals surface area contributed by atoms with Gasteiger partial charge in [0.05, 0.1) is 0 Å². The van der Waals surface area contributed by atoms with Gasteiger partial charge in [-0.3, -0.25) is 8.42 Å². The fourth-order valence-electron chi connectivity index (χ4n) is 0. The molecule has 0 aromatic carbocycles. The number of carbonyl (C=O) groups is 5. The summed E-state index contributed by atoms with van der Waals surface area (Å²) in [4.78, 5) is 43.6. The minimum absolute atomic E-state index is 0. The van der Waals surface area contributed by atoms with Crippen molar-refractivity contribution in [3.63, 3.8) is 0 Å². The molecule has 0 spiro atoms. The van der Waals surface area contributed by atoms with Gasteiger partial charge in [-0.2, -0.15) is 0 Å². The molecule has 0 atom stereocenters. The molecule has 0 aliphatic rings. The van der Waals surface area contributed by atoms with Gasteiger partial charge in [0.25, 0.3) is 0 Å². The molecule has 0 aliphatic heterocycles. The molecule has 0 saturated heterocycles. The molecule has 38 heavy (non-hydrogen) atoms. The topological polar surface area (TPSA) is 399 Å². The van der Waals surface area contributed by atoms with Crippen molar-refractivity contribution in [1.29, 1.82) is 0 Å². The number of hydrogen-bond acceptors (Lipinski definition) is 20. The van der Waals surface area contributed by atoms with Gasteiger partial charge < -0.3 is 96.9 Å². The van der Waals surface area contributed by atoms with Crippen LogP contribution in [-0.2, 0) is 85.6 Å². The van der Waals surface area contributed by atoms with Crippen molar-refractivity contribution in [3.05, 3.63) is 0 Å². The van der Waals surface area contributed by atoms with Gasteiger partial charge in [-0.05, 0) is 27.7 Å². The van der Waals surface area contributed by atoms with E-state index in [0.717, 1.165) is 27.7 Å². The molecule has 0 amide bonds. The van der Waals surface area contributed by atoms with Crippen molar-refractivity contribution in [2.75, 3.05) is 13.1 Å². The summed E-state index contributed by atoms with van der Waals surface area (Å²) in [5.41, 5.74) is 9.81. The Balaban J connectivity index is -0.0000000119. The van der Waals surface area contributed by atoms with Gasteiger partial charge in [-0.25, -0.2) is 0 Å². The first-order valence-corrected chi connectivity index (χ1v) is 8.42. The third kappa shape index (κ3) is 5490. The standard InChI is InChI=1S/C2H8N2.4C2H4O2.CH2O.3Fe.3Na.H2O4S.H2O2S.H2O2/c3-1-2-4;4*1-2(3)4;1-2;;;;;;;1-5(2,3)4;1-3-2;1-2/h1-4H2;4*1H3,(H,3,4);1H2;;;;;;;(H2,1,2,3,4);1-2H;1-2H/q;;;;;;3*+2;3*+1;;;/p-9. The molecule has 27 heteroatoms. The monoisotopic (exact) mass is 756 g/mol. The summed E-state index contributed by atoms with van der Waals surface area (Å²) in [5, 5.41) is 48.6. The SMILES string of the molecule is C=O.CC(=O)[O-].CC(=O)[O-].CC(=O)[O-].CC(=O)[O-].NCCN.O=S(=O)([O-])[O-].[Fe+2].[Fe+2].[Fe+2].[Na+].[Na+].[Na+].[O-]O.[O-]S[O-]. The van der Waals surface area contributed by atoms with E-state index in [1.54, 1.807) is 0 Å². The van der Waals surface area contributed by atoms with Crippen LogP contribution in [0.4, 0.5) is 0 Å². The molecular weight excluding hydrogens is 733 g/mol. The minimum Gasteiger partial charge on any atom is -0.811 e. The molecule has 0 unspecified atom stereocenters. The van der Waals surface area contributed by atoms with E-state index in [9.17, 15) is 0 Å². The summed E-state index contributed by atoms with van der Waals surface area (Å²) in [6.07, 6.45) is 0. The quantitative estimate of drug-likeness (QED) is 0.0558. The Morgan fingerprint density at radius 2 is 0.684 bits per heavy atom. The smallest absolute Gasteiger partial charge is 0.811 e. The molecule has 0 heterocycles. The van der Waals surface area contributed by atoms with Gasteiger partial charge in [-0.15, -0.1) is 0 Å². The number of carboxylic acid groups (broad SMARTS) is 4. The molecule has 0 radical (unpaired) electrons. The maximum absolute atomic E-state index is 8.89. The van der Waals surface area contributed by atoms with E-state index < -0.39 is 46.6 Å². The summed E-state index contributed by atoms with van der Waals surface area (Å²) in [6.45, 7) is 7.08. The van der Waals surface area contributed by atoms with Gasteiger partial charge in [0.15, 0.2) is 0 Å². The third-order valence-electron chi connectivity index (χ3n) is 0.167. The second kappa shape index (κ2) is 106. The van der Waals surface area contributed by atoms with Crippen LogP contribution >= 0.6 is 12.3 Å². The maximum atomic E-state index is 8.89. The molecule has 0 saturated carbocycles. The van der Waals surface area contributed by atoms with Crippen LogP contribution < -0.4 is 126 Å². The first-order valence-electron chi connectivity index (χ1n) is 6.42. The van der Waals surface area contributed by atoms with E-state index in [1.165, 1.54) is 0 Å². The van der Waals surface area contributed by atoms with Gasteiger partial charge in [0.1, 0.15) is 6.79 Å². The van der Waals surface area contributed by atoms with Crippen molar-refractivity contribution >= 4 is 53.4 Å². The molecule has 218 valence electrons.